The van der Waals surface area contributed by atoms with E-state index in [1.54, 1.807) is 0 Å². The van der Waals surface area contributed by atoms with Crippen molar-refractivity contribution in [2.75, 3.05) is 32.7 Å². The Morgan fingerprint density at radius 2 is 2.05 bits per heavy atom. The highest BCUT2D eigenvalue weighted by atomic mass is 16.1. The molecule has 0 spiro atoms. The predicted molar refractivity (Wildman–Crippen MR) is 82.7 cm³/mol. The van der Waals surface area contributed by atoms with E-state index in [1.165, 1.54) is 38.8 Å². The van der Waals surface area contributed by atoms with Crippen LogP contribution in [0, 0.1) is 11.8 Å². The van der Waals surface area contributed by atoms with Gasteiger partial charge in [-0.25, -0.2) is 0 Å². The Morgan fingerprint density at radius 3 is 2.70 bits per heavy atom. The van der Waals surface area contributed by atoms with Gasteiger partial charge in [0.15, 0.2) is 0 Å². The van der Waals surface area contributed by atoms with Gasteiger partial charge in [0, 0.05) is 19.0 Å². The smallest absolute Gasteiger partial charge is 0.220 e. The molecule has 3 unspecified atom stereocenters. The lowest BCUT2D eigenvalue weighted by Crippen LogP contribution is -2.41. The molecule has 0 aromatic carbocycles. The van der Waals surface area contributed by atoms with Gasteiger partial charge in [-0.1, -0.05) is 6.92 Å². The van der Waals surface area contributed by atoms with Crippen LogP contribution in [0.5, 0.6) is 0 Å². The summed E-state index contributed by atoms with van der Waals surface area (Å²) in [6.45, 7) is 9.86. The van der Waals surface area contributed by atoms with Gasteiger partial charge >= 0.3 is 0 Å². The number of piperidine rings is 1. The van der Waals surface area contributed by atoms with Gasteiger partial charge in [-0.2, -0.15) is 0 Å². The topological polar surface area (TPSA) is 44.4 Å². The first kappa shape index (κ1) is 15.8. The zero-order valence-electron chi connectivity index (χ0n) is 13.2. The third-order valence-electron chi connectivity index (χ3n) is 5.01. The first-order valence-corrected chi connectivity index (χ1v) is 8.38. The SMILES string of the molecule is CC(CC(=O)NCC(C)N1CCCC1)C1CCCNC1. The predicted octanol–water partition coefficient (Wildman–Crippen LogP) is 1.61. The fraction of sp³-hybridized carbons (Fsp3) is 0.938. The molecule has 0 bridgehead atoms. The van der Waals surface area contributed by atoms with E-state index in [4.69, 9.17) is 0 Å². The van der Waals surface area contributed by atoms with Crippen LogP contribution in [-0.2, 0) is 4.79 Å². The van der Waals surface area contributed by atoms with E-state index < -0.39 is 0 Å². The van der Waals surface area contributed by atoms with Crippen LogP contribution in [0.15, 0.2) is 0 Å². The molecule has 20 heavy (non-hydrogen) atoms. The molecule has 1 amide bonds. The van der Waals surface area contributed by atoms with Gasteiger partial charge in [0.1, 0.15) is 0 Å². The lowest BCUT2D eigenvalue weighted by molar-refractivity contribution is -0.122. The number of likely N-dealkylation sites (tertiary alicyclic amines) is 1. The second-order valence-electron chi connectivity index (χ2n) is 6.68. The van der Waals surface area contributed by atoms with Gasteiger partial charge in [0.25, 0.3) is 0 Å². The Morgan fingerprint density at radius 1 is 1.30 bits per heavy atom. The summed E-state index contributed by atoms with van der Waals surface area (Å²) < 4.78 is 0. The quantitative estimate of drug-likeness (QED) is 0.777. The largest absolute Gasteiger partial charge is 0.355 e. The average Bonchev–Trinajstić information content (AvgIpc) is 3.00. The van der Waals surface area contributed by atoms with Crippen molar-refractivity contribution >= 4 is 5.91 Å². The third kappa shape index (κ3) is 4.74. The van der Waals surface area contributed by atoms with Crippen molar-refractivity contribution in [3.05, 3.63) is 0 Å². The van der Waals surface area contributed by atoms with Crippen molar-refractivity contribution in [2.45, 2.75) is 52.0 Å². The molecule has 4 nitrogen and oxygen atoms in total. The van der Waals surface area contributed by atoms with E-state index >= 15 is 0 Å². The van der Waals surface area contributed by atoms with E-state index in [9.17, 15) is 4.79 Å². The summed E-state index contributed by atoms with van der Waals surface area (Å²) in [4.78, 5) is 14.5. The molecule has 3 atom stereocenters. The summed E-state index contributed by atoms with van der Waals surface area (Å²) in [7, 11) is 0. The first-order valence-electron chi connectivity index (χ1n) is 8.38. The molecule has 4 heteroatoms. The van der Waals surface area contributed by atoms with Crippen LogP contribution >= 0.6 is 0 Å². The zero-order valence-corrected chi connectivity index (χ0v) is 13.2. The second kappa shape index (κ2) is 7.99. The van der Waals surface area contributed by atoms with Gasteiger partial charge in [-0.15, -0.1) is 0 Å². The summed E-state index contributed by atoms with van der Waals surface area (Å²) in [5.74, 6) is 1.39. The number of hydrogen-bond donors (Lipinski definition) is 2. The van der Waals surface area contributed by atoms with E-state index in [-0.39, 0.29) is 5.91 Å². The summed E-state index contributed by atoms with van der Waals surface area (Å²) in [6.07, 6.45) is 5.82. The molecule has 2 fully saturated rings. The molecule has 0 aromatic heterocycles. The normalized spacial score (nSPS) is 27.2. The van der Waals surface area contributed by atoms with Crippen LogP contribution in [0.4, 0.5) is 0 Å². The van der Waals surface area contributed by atoms with E-state index in [0.29, 0.717) is 24.3 Å². The fourth-order valence-corrected chi connectivity index (χ4v) is 3.47. The van der Waals surface area contributed by atoms with Gasteiger partial charge in [-0.3, -0.25) is 9.69 Å². The maximum absolute atomic E-state index is 12.1. The van der Waals surface area contributed by atoms with Crippen LogP contribution in [0.3, 0.4) is 0 Å². The van der Waals surface area contributed by atoms with E-state index in [0.717, 1.165) is 19.6 Å². The molecule has 0 radical (unpaired) electrons. The maximum Gasteiger partial charge on any atom is 0.220 e. The van der Waals surface area contributed by atoms with Crippen molar-refractivity contribution in [3.63, 3.8) is 0 Å². The van der Waals surface area contributed by atoms with Gasteiger partial charge < -0.3 is 10.6 Å². The molecule has 116 valence electrons. The Hall–Kier alpha value is -0.610. The lowest BCUT2D eigenvalue weighted by Gasteiger charge is -2.28. The monoisotopic (exact) mass is 281 g/mol. The number of nitrogens with one attached hydrogen (secondary N) is 2. The summed E-state index contributed by atoms with van der Waals surface area (Å²) in [5.41, 5.74) is 0. The molecule has 0 aromatic rings. The highest BCUT2D eigenvalue weighted by molar-refractivity contribution is 5.76. The van der Waals surface area contributed by atoms with Crippen molar-refractivity contribution in [1.29, 1.82) is 0 Å². The van der Waals surface area contributed by atoms with Crippen LogP contribution in [-0.4, -0.2) is 49.6 Å². The van der Waals surface area contributed by atoms with Crippen molar-refractivity contribution in [2.24, 2.45) is 11.8 Å². The molecular formula is C16H31N3O. The van der Waals surface area contributed by atoms with Crippen LogP contribution in [0.2, 0.25) is 0 Å². The standard InChI is InChI=1S/C16H31N3O/c1-13(15-6-5-7-17-12-15)10-16(20)18-11-14(2)19-8-3-4-9-19/h13-15,17H,3-12H2,1-2H3,(H,18,20). The van der Waals surface area contributed by atoms with Crippen LogP contribution in [0.25, 0.3) is 0 Å². The molecule has 2 saturated heterocycles. The Labute approximate surface area is 123 Å². The number of amides is 1. The van der Waals surface area contributed by atoms with Crippen LogP contribution < -0.4 is 10.6 Å². The molecule has 0 saturated carbocycles. The van der Waals surface area contributed by atoms with Gasteiger partial charge in [-0.05, 0) is 70.6 Å². The summed E-state index contributed by atoms with van der Waals surface area (Å²) in [6, 6.07) is 0.480. The van der Waals surface area contributed by atoms with E-state index in [1.807, 2.05) is 0 Å². The van der Waals surface area contributed by atoms with Crippen molar-refractivity contribution in [1.82, 2.24) is 15.5 Å². The third-order valence-corrected chi connectivity index (χ3v) is 5.01. The minimum absolute atomic E-state index is 0.231. The molecule has 2 N–H and O–H groups in total. The number of nitrogens with zero attached hydrogens (tertiary/aromatic N) is 1. The van der Waals surface area contributed by atoms with Crippen molar-refractivity contribution in [3.8, 4) is 0 Å². The number of hydrogen-bond acceptors (Lipinski definition) is 3. The Balaban J connectivity index is 1.63. The average molecular weight is 281 g/mol. The molecule has 2 heterocycles. The molecule has 2 rings (SSSR count). The zero-order chi connectivity index (χ0) is 14.4. The molecule has 2 aliphatic rings. The van der Waals surface area contributed by atoms with Gasteiger partial charge in [0.2, 0.25) is 5.91 Å². The minimum Gasteiger partial charge on any atom is -0.355 e. The summed E-state index contributed by atoms with van der Waals surface area (Å²) >= 11 is 0. The van der Waals surface area contributed by atoms with Crippen molar-refractivity contribution < 1.29 is 4.79 Å². The number of rotatable bonds is 6. The maximum atomic E-state index is 12.1. The molecule has 0 aliphatic carbocycles. The van der Waals surface area contributed by atoms with E-state index in [2.05, 4.69) is 29.4 Å². The lowest BCUT2D eigenvalue weighted by atomic mass is 9.85. The molecular weight excluding hydrogens is 250 g/mol. The fourth-order valence-electron chi connectivity index (χ4n) is 3.47. The Bertz CT molecular complexity index is 296. The van der Waals surface area contributed by atoms with Crippen LogP contribution in [0.1, 0.15) is 46.0 Å². The minimum atomic E-state index is 0.231. The number of carbonyl (C=O) groups excluding carboxylic acids is 1. The highest BCUT2D eigenvalue weighted by Gasteiger charge is 2.23. The second-order valence-corrected chi connectivity index (χ2v) is 6.68. The first-order chi connectivity index (χ1) is 9.66. The number of carbonyl (C=O) groups is 1. The highest BCUT2D eigenvalue weighted by Crippen LogP contribution is 2.22. The Kier molecular flexibility index (Phi) is 6.30. The van der Waals surface area contributed by atoms with Gasteiger partial charge in [0.05, 0.1) is 0 Å². The molecule has 2 aliphatic heterocycles. The summed E-state index contributed by atoms with van der Waals surface area (Å²) in [5, 5.41) is 6.57.